The molecule has 0 N–H and O–H groups in total. The van der Waals surface area contributed by atoms with E-state index in [1.807, 2.05) is 12.1 Å². The summed E-state index contributed by atoms with van der Waals surface area (Å²) in [5, 5.41) is 0. The lowest BCUT2D eigenvalue weighted by atomic mass is 9.75. The number of ether oxygens (including phenoxy) is 1. The van der Waals surface area contributed by atoms with Crippen LogP contribution in [-0.4, -0.2) is 11.0 Å². The van der Waals surface area contributed by atoms with Crippen molar-refractivity contribution < 1.29 is 9.53 Å². The van der Waals surface area contributed by atoms with E-state index in [0.29, 0.717) is 5.75 Å². The molecule has 0 atom stereocenters. The van der Waals surface area contributed by atoms with Gasteiger partial charge in [0, 0.05) is 5.69 Å². The molecule has 0 amide bonds. The highest BCUT2D eigenvalue weighted by molar-refractivity contribution is 5.75. The zero-order valence-electron chi connectivity index (χ0n) is 22.9. The molecule has 1 aromatic rings. The van der Waals surface area contributed by atoms with Gasteiger partial charge in [-0.2, -0.15) is 0 Å². The molecule has 2 fully saturated rings. The number of nitrogens with zero attached hydrogens (tertiary/aromatic N) is 1. The number of rotatable bonds is 15. The normalized spacial score (nSPS) is 24.9. The Kier molecular flexibility index (Phi) is 13.2. The largest absolute Gasteiger partial charge is 0.425 e. The average Bonchev–Trinajstić information content (AvgIpc) is 2.89. The van der Waals surface area contributed by atoms with Crippen LogP contribution in [0.15, 0.2) is 18.3 Å². The first-order chi connectivity index (χ1) is 17.2. The van der Waals surface area contributed by atoms with Gasteiger partial charge in [-0.25, -0.2) is 0 Å². The molecule has 1 aromatic heterocycles. The standard InChI is InChI=1S/C32H53NO2/c1-3-5-7-8-10-12-30-23-24-31(25-33-30)35-32(34)29-21-19-28(20-22-29)18-17-27-15-13-26(14-16-27)11-9-6-4-2/h23-29H,3-22H2,1-2H3. The Morgan fingerprint density at radius 2 is 1.31 bits per heavy atom. The first kappa shape index (κ1) is 28.2. The molecule has 0 aliphatic heterocycles. The van der Waals surface area contributed by atoms with E-state index < -0.39 is 0 Å². The third-order valence-corrected chi connectivity index (χ3v) is 8.90. The van der Waals surface area contributed by atoms with Crippen molar-refractivity contribution in [2.45, 2.75) is 142 Å². The fraction of sp³-hybridized carbons (Fsp3) is 0.812. The van der Waals surface area contributed by atoms with Gasteiger partial charge in [0.1, 0.15) is 5.75 Å². The van der Waals surface area contributed by atoms with Crippen LogP contribution in [0.4, 0.5) is 0 Å². The van der Waals surface area contributed by atoms with Crippen LogP contribution in [0.25, 0.3) is 0 Å². The minimum Gasteiger partial charge on any atom is -0.425 e. The van der Waals surface area contributed by atoms with Crippen molar-refractivity contribution in [1.29, 1.82) is 0 Å². The van der Waals surface area contributed by atoms with Gasteiger partial charge in [0.2, 0.25) is 0 Å². The number of aromatic nitrogens is 1. The molecule has 0 bridgehead atoms. The van der Waals surface area contributed by atoms with Crippen LogP contribution in [0.1, 0.15) is 142 Å². The van der Waals surface area contributed by atoms with E-state index in [0.717, 1.165) is 42.7 Å². The Morgan fingerprint density at radius 1 is 0.743 bits per heavy atom. The smallest absolute Gasteiger partial charge is 0.314 e. The molecule has 2 aliphatic carbocycles. The first-order valence-corrected chi connectivity index (χ1v) is 15.3. The highest BCUT2D eigenvalue weighted by Gasteiger charge is 2.29. The molecule has 2 aliphatic rings. The third kappa shape index (κ3) is 10.6. The van der Waals surface area contributed by atoms with Gasteiger partial charge in [-0.05, 0) is 68.4 Å². The lowest BCUT2D eigenvalue weighted by Gasteiger charge is -2.31. The SMILES string of the molecule is CCCCCCCc1ccc(OC(=O)C2CCC(CCC3CCC(CCCCC)CC3)CC2)cn1. The van der Waals surface area contributed by atoms with Gasteiger partial charge in [-0.3, -0.25) is 9.78 Å². The number of carbonyl (C=O) groups is 1. The van der Waals surface area contributed by atoms with Crippen molar-refractivity contribution >= 4 is 5.97 Å². The van der Waals surface area contributed by atoms with Crippen LogP contribution in [-0.2, 0) is 11.2 Å². The maximum absolute atomic E-state index is 12.7. The third-order valence-electron chi connectivity index (χ3n) is 8.90. The predicted octanol–water partition coefficient (Wildman–Crippen LogP) is 9.47. The molecule has 35 heavy (non-hydrogen) atoms. The van der Waals surface area contributed by atoms with E-state index in [9.17, 15) is 4.79 Å². The molecule has 0 radical (unpaired) electrons. The number of hydrogen-bond acceptors (Lipinski definition) is 3. The first-order valence-electron chi connectivity index (χ1n) is 15.3. The zero-order chi connectivity index (χ0) is 24.7. The molecule has 3 heteroatoms. The number of hydrogen-bond donors (Lipinski definition) is 0. The second-order valence-corrected chi connectivity index (χ2v) is 11.7. The van der Waals surface area contributed by atoms with Crippen molar-refractivity contribution in [3.63, 3.8) is 0 Å². The van der Waals surface area contributed by atoms with E-state index in [1.54, 1.807) is 6.20 Å². The van der Waals surface area contributed by atoms with Gasteiger partial charge in [-0.15, -0.1) is 0 Å². The summed E-state index contributed by atoms with van der Waals surface area (Å²) >= 11 is 0. The summed E-state index contributed by atoms with van der Waals surface area (Å²) in [7, 11) is 0. The second kappa shape index (κ2) is 16.4. The van der Waals surface area contributed by atoms with Crippen LogP contribution >= 0.6 is 0 Å². The molecule has 3 rings (SSSR count). The number of aryl methyl sites for hydroxylation is 1. The minimum atomic E-state index is -0.0426. The summed E-state index contributed by atoms with van der Waals surface area (Å²) in [6.45, 7) is 4.55. The summed E-state index contributed by atoms with van der Waals surface area (Å²) in [6, 6.07) is 3.95. The van der Waals surface area contributed by atoms with E-state index in [4.69, 9.17) is 4.74 Å². The fourth-order valence-corrected chi connectivity index (χ4v) is 6.38. The Bertz CT molecular complexity index is 684. The molecule has 2 saturated carbocycles. The molecule has 0 saturated heterocycles. The number of carbonyl (C=O) groups excluding carboxylic acids is 1. The Morgan fingerprint density at radius 3 is 1.91 bits per heavy atom. The van der Waals surface area contributed by atoms with Gasteiger partial charge in [0.15, 0.2) is 0 Å². The van der Waals surface area contributed by atoms with E-state index in [1.165, 1.54) is 109 Å². The van der Waals surface area contributed by atoms with E-state index in [2.05, 4.69) is 18.8 Å². The fourth-order valence-electron chi connectivity index (χ4n) is 6.38. The topological polar surface area (TPSA) is 39.2 Å². The molecule has 0 aromatic carbocycles. The molecule has 0 spiro atoms. The van der Waals surface area contributed by atoms with Crippen LogP contribution in [0.3, 0.4) is 0 Å². The van der Waals surface area contributed by atoms with Gasteiger partial charge in [-0.1, -0.05) is 104 Å². The summed E-state index contributed by atoms with van der Waals surface area (Å²) < 4.78 is 5.70. The van der Waals surface area contributed by atoms with Crippen molar-refractivity contribution in [3.8, 4) is 5.75 Å². The van der Waals surface area contributed by atoms with Gasteiger partial charge < -0.3 is 4.74 Å². The van der Waals surface area contributed by atoms with Crippen LogP contribution in [0.5, 0.6) is 5.75 Å². The second-order valence-electron chi connectivity index (χ2n) is 11.7. The van der Waals surface area contributed by atoms with Crippen molar-refractivity contribution in [2.24, 2.45) is 23.7 Å². The van der Waals surface area contributed by atoms with E-state index in [-0.39, 0.29) is 11.9 Å². The molecule has 0 unspecified atom stereocenters. The molecular weight excluding hydrogens is 430 g/mol. The predicted molar refractivity (Wildman–Crippen MR) is 147 cm³/mol. The Hall–Kier alpha value is -1.38. The van der Waals surface area contributed by atoms with E-state index >= 15 is 0 Å². The van der Waals surface area contributed by atoms with Crippen molar-refractivity contribution in [2.75, 3.05) is 0 Å². The number of unbranched alkanes of at least 4 members (excludes halogenated alkanes) is 6. The highest BCUT2D eigenvalue weighted by atomic mass is 16.5. The maximum Gasteiger partial charge on any atom is 0.314 e. The summed E-state index contributed by atoms with van der Waals surface area (Å²) in [5.74, 6) is 3.44. The quantitative estimate of drug-likeness (QED) is 0.184. The maximum atomic E-state index is 12.7. The zero-order valence-corrected chi connectivity index (χ0v) is 22.9. The molecule has 198 valence electrons. The summed E-state index contributed by atoms with van der Waals surface area (Å²) in [5.41, 5.74) is 1.10. The van der Waals surface area contributed by atoms with Gasteiger partial charge in [0.05, 0.1) is 12.1 Å². The number of esters is 1. The number of pyridine rings is 1. The minimum absolute atomic E-state index is 0.0426. The summed E-state index contributed by atoms with van der Waals surface area (Å²) in [4.78, 5) is 17.2. The lowest BCUT2D eigenvalue weighted by Crippen LogP contribution is -2.26. The van der Waals surface area contributed by atoms with Crippen LogP contribution in [0.2, 0.25) is 0 Å². The van der Waals surface area contributed by atoms with Crippen LogP contribution in [0, 0.1) is 23.7 Å². The van der Waals surface area contributed by atoms with Crippen LogP contribution < -0.4 is 4.74 Å². The highest BCUT2D eigenvalue weighted by Crippen LogP contribution is 2.38. The lowest BCUT2D eigenvalue weighted by molar-refractivity contribution is -0.140. The van der Waals surface area contributed by atoms with Gasteiger partial charge in [0.25, 0.3) is 0 Å². The van der Waals surface area contributed by atoms with Crippen molar-refractivity contribution in [3.05, 3.63) is 24.0 Å². The molecular formula is C32H53NO2. The van der Waals surface area contributed by atoms with Gasteiger partial charge >= 0.3 is 5.97 Å². The average molecular weight is 484 g/mol. The Labute approximate surface area is 216 Å². The molecule has 3 nitrogen and oxygen atoms in total. The molecule has 1 heterocycles. The monoisotopic (exact) mass is 483 g/mol. The van der Waals surface area contributed by atoms with Crippen molar-refractivity contribution in [1.82, 2.24) is 4.98 Å². The summed E-state index contributed by atoms with van der Waals surface area (Å²) in [6.07, 6.45) is 27.9. The Balaban J connectivity index is 1.27.